The molecule has 34 heavy (non-hydrogen) atoms. The highest BCUT2D eigenvalue weighted by molar-refractivity contribution is 7.99. The standard InChI is InChI=1S/C22H25F3N6O2S/c1-14(2)34-21-28-18(30-9-11-33-12-10-30)16-13-27-31(19(16)29-21)8-7-26-20(32)15-5-3-4-6-17(15)22(23,24)25/h3-6,13-14H,7-12H2,1-2H3,(H,26,32). The van der Waals surface area contributed by atoms with Crippen molar-refractivity contribution in [2.45, 2.75) is 37.0 Å². The van der Waals surface area contributed by atoms with Gasteiger partial charge < -0.3 is 15.0 Å². The fraction of sp³-hybridized carbons (Fsp3) is 0.455. The predicted molar refractivity (Wildman–Crippen MR) is 123 cm³/mol. The summed E-state index contributed by atoms with van der Waals surface area (Å²) in [5, 5.41) is 8.65. The van der Waals surface area contributed by atoms with E-state index in [1.54, 1.807) is 10.9 Å². The lowest BCUT2D eigenvalue weighted by molar-refractivity contribution is -0.137. The lowest BCUT2D eigenvalue weighted by Crippen LogP contribution is -2.37. The van der Waals surface area contributed by atoms with Crippen LogP contribution in [0.2, 0.25) is 0 Å². The Bertz CT molecular complexity index is 1160. The number of halogens is 3. The van der Waals surface area contributed by atoms with Crippen LogP contribution in [0.4, 0.5) is 19.0 Å². The molecule has 1 aromatic carbocycles. The summed E-state index contributed by atoms with van der Waals surface area (Å²) in [5.41, 5.74) is -0.757. The molecule has 0 unspecified atom stereocenters. The Balaban J connectivity index is 1.54. The average molecular weight is 495 g/mol. The van der Waals surface area contributed by atoms with E-state index in [0.717, 1.165) is 17.3 Å². The summed E-state index contributed by atoms with van der Waals surface area (Å²) in [5.74, 6) is -0.00471. The van der Waals surface area contributed by atoms with Crippen molar-refractivity contribution in [3.05, 3.63) is 41.6 Å². The zero-order valence-corrected chi connectivity index (χ0v) is 19.6. The number of benzene rings is 1. The van der Waals surface area contributed by atoms with E-state index < -0.39 is 23.2 Å². The van der Waals surface area contributed by atoms with Crippen LogP contribution in [0.25, 0.3) is 11.0 Å². The van der Waals surface area contributed by atoms with E-state index >= 15 is 0 Å². The molecule has 3 aromatic rings. The third-order valence-corrected chi connectivity index (χ3v) is 6.06. The van der Waals surface area contributed by atoms with E-state index in [1.807, 2.05) is 0 Å². The van der Waals surface area contributed by atoms with Crippen LogP contribution in [0, 0.1) is 0 Å². The number of nitrogens with zero attached hydrogens (tertiary/aromatic N) is 5. The van der Waals surface area contributed by atoms with Gasteiger partial charge in [0.25, 0.3) is 5.91 Å². The smallest absolute Gasteiger partial charge is 0.378 e. The molecule has 4 rings (SSSR count). The van der Waals surface area contributed by atoms with Crippen LogP contribution >= 0.6 is 11.8 Å². The minimum Gasteiger partial charge on any atom is -0.378 e. The van der Waals surface area contributed by atoms with Crippen LogP contribution in [0.15, 0.2) is 35.6 Å². The molecule has 1 saturated heterocycles. The first-order chi connectivity index (χ1) is 16.2. The van der Waals surface area contributed by atoms with E-state index in [2.05, 4.69) is 34.1 Å². The molecular formula is C22H25F3N6O2S. The molecule has 0 aliphatic carbocycles. The number of thioether (sulfide) groups is 1. The van der Waals surface area contributed by atoms with E-state index in [1.165, 1.54) is 30.0 Å². The monoisotopic (exact) mass is 494 g/mol. The van der Waals surface area contributed by atoms with Crippen molar-refractivity contribution in [1.29, 1.82) is 0 Å². The van der Waals surface area contributed by atoms with E-state index in [-0.39, 0.29) is 18.3 Å². The number of amides is 1. The van der Waals surface area contributed by atoms with Crippen LogP contribution in [0.1, 0.15) is 29.8 Å². The van der Waals surface area contributed by atoms with Crippen molar-refractivity contribution in [3.63, 3.8) is 0 Å². The second-order valence-corrected chi connectivity index (χ2v) is 9.54. The Morgan fingerprint density at radius 3 is 2.65 bits per heavy atom. The maximum absolute atomic E-state index is 13.2. The number of ether oxygens (including phenoxy) is 1. The molecule has 0 saturated carbocycles. The van der Waals surface area contributed by atoms with Crippen LogP contribution in [0.5, 0.6) is 0 Å². The van der Waals surface area contributed by atoms with Crippen molar-refractivity contribution in [1.82, 2.24) is 25.1 Å². The molecule has 8 nitrogen and oxygen atoms in total. The molecule has 1 N–H and O–H groups in total. The van der Waals surface area contributed by atoms with Gasteiger partial charge in [0.2, 0.25) is 0 Å². The molecule has 0 spiro atoms. The number of carbonyl (C=O) groups is 1. The fourth-order valence-corrected chi connectivity index (χ4v) is 4.36. The number of aromatic nitrogens is 4. The van der Waals surface area contributed by atoms with Crippen LogP contribution in [-0.4, -0.2) is 63.8 Å². The topological polar surface area (TPSA) is 85.2 Å². The maximum atomic E-state index is 13.2. The number of nitrogens with one attached hydrogen (secondary N) is 1. The van der Waals surface area contributed by atoms with Crippen molar-refractivity contribution in [3.8, 4) is 0 Å². The third kappa shape index (κ3) is 5.44. The minimum atomic E-state index is -4.61. The van der Waals surface area contributed by atoms with Gasteiger partial charge in [-0.1, -0.05) is 37.7 Å². The van der Waals surface area contributed by atoms with Gasteiger partial charge in [-0.05, 0) is 12.1 Å². The maximum Gasteiger partial charge on any atom is 0.417 e. The first kappa shape index (κ1) is 24.3. The number of fused-ring (bicyclic) bond motifs is 1. The van der Waals surface area contributed by atoms with Gasteiger partial charge in [-0.15, -0.1) is 0 Å². The van der Waals surface area contributed by atoms with Gasteiger partial charge in [0.05, 0.1) is 42.5 Å². The average Bonchev–Trinajstić information content (AvgIpc) is 3.21. The highest BCUT2D eigenvalue weighted by Crippen LogP contribution is 2.32. The number of rotatable bonds is 7. The first-order valence-corrected chi connectivity index (χ1v) is 11.8. The van der Waals surface area contributed by atoms with Gasteiger partial charge in [-0.3, -0.25) is 4.79 Å². The van der Waals surface area contributed by atoms with E-state index in [4.69, 9.17) is 9.72 Å². The molecule has 0 bridgehead atoms. The normalized spacial score (nSPS) is 14.7. The molecule has 0 radical (unpaired) electrons. The van der Waals surface area contributed by atoms with Gasteiger partial charge in [-0.25, -0.2) is 14.6 Å². The number of hydrogen-bond acceptors (Lipinski definition) is 7. The lowest BCUT2D eigenvalue weighted by Gasteiger charge is -2.28. The molecule has 3 heterocycles. The zero-order chi connectivity index (χ0) is 24.3. The Kier molecular flexibility index (Phi) is 7.27. The zero-order valence-electron chi connectivity index (χ0n) is 18.8. The first-order valence-electron chi connectivity index (χ1n) is 10.9. The van der Waals surface area contributed by atoms with Crippen LogP contribution in [0.3, 0.4) is 0 Å². The highest BCUT2D eigenvalue weighted by atomic mass is 32.2. The largest absolute Gasteiger partial charge is 0.417 e. The SMILES string of the molecule is CC(C)Sc1nc(N2CCOCC2)c2cnn(CCNC(=O)c3ccccc3C(F)(F)F)c2n1. The van der Waals surface area contributed by atoms with Crippen molar-refractivity contribution >= 4 is 34.5 Å². The number of hydrogen-bond donors (Lipinski definition) is 1. The predicted octanol–water partition coefficient (Wildman–Crippen LogP) is 3.61. The number of morpholine rings is 1. The summed E-state index contributed by atoms with van der Waals surface area (Å²) < 4.78 is 46.8. The van der Waals surface area contributed by atoms with Gasteiger partial charge in [0, 0.05) is 24.9 Å². The third-order valence-electron chi connectivity index (χ3n) is 5.19. The van der Waals surface area contributed by atoms with Crippen LogP contribution in [-0.2, 0) is 17.5 Å². The number of alkyl halides is 3. The lowest BCUT2D eigenvalue weighted by atomic mass is 10.1. The Morgan fingerprint density at radius 2 is 1.94 bits per heavy atom. The summed E-state index contributed by atoms with van der Waals surface area (Å²) in [4.78, 5) is 24.0. The van der Waals surface area contributed by atoms with Gasteiger partial charge in [-0.2, -0.15) is 18.3 Å². The molecule has 1 fully saturated rings. The Labute approximate surface area is 198 Å². The molecule has 182 valence electrons. The van der Waals surface area contributed by atoms with E-state index in [9.17, 15) is 18.0 Å². The molecular weight excluding hydrogens is 469 g/mol. The Morgan fingerprint density at radius 1 is 1.21 bits per heavy atom. The number of carbonyl (C=O) groups excluding carboxylic acids is 1. The Hall–Kier alpha value is -2.86. The molecule has 1 aliphatic rings. The van der Waals surface area contributed by atoms with Crippen molar-refractivity contribution in [2.24, 2.45) is 0 Å². The number of anilines is 1. The second-order valence-electron chi connectivity index (χ2n) is 8.00. The quantitative estimate of drug-likeness (QED) is 0.397. The second kappa shape index (κ2) is 10.2. The highest BCUT2D eigenvalue weighted by Gasteiger charge is 2.34. The summed E-state index contributed by atoms with van der Waals surface area (Å²) in [7, 11) is 0. The fourth-order valence-electron chi connectivity index (χ4n) is 3.66. The van der Waals surface area contributed by atoms with Gasteiger partial charge in [0.15, 0.2) is 10.8 Å². The summed E-state index contributed by atoms with van der Waals surface area (Å²) in [6.07, 6.45) is -2.92. The minimum absolute atomic E-state index is 0.0886. The van der Waals surface area contributed by atoms with Crippen molar-refractivity contribution in [2.75, 3.05) is 37.7 Å². The van der Waals surface area contributed by atoms with E-state index in [0.29, 0.717) is 37.1 Å². The van der Waals surface area contributed by atoms with Crippen LogP contribution < -0.4 is 10.2 Å². The summed E-state index contributed by atoms with van der Waals surface area (Å²) >= 11 is 1.54. The van der Waals surface area contributed by atoms with Crippen molar-refractivity contribution < 1.29 is 22.7 Å². The molecule has 2 aromatic heterocycles. The molecule has 1 amide bonds. The molecule has 12 heteroatoms. The molecule has 0 atom stereocenters. The molecule has 1 aliphatic heterocycles. The van der Waals surface area contributed by atoms with Gasteiger partial charge in [0.1, 0.15) is 5.82 Å². The summed E-state index contributed by atoms with van der Waals surface area (Å²) in [6.45, 7) is 7.07. The summed E-state index contributed by atoms with van der Waals surface area (Å²) in [6, 6.07) is 4.73. The van der Waals surface area contributed by atoms with Gasteiger partial charge >= 0.3 is 6.18 Å².